The van der Waals surface area contributed by atoms with E-state index in [0.717, 1.165) is 6.07 Å². The minimum absolute atomic E-state index is 0.0513. The quantitative estimate of drug-likeness (QED) is 0.856. The zero-order valence-electron chi connectivity index (χ0n) is 9.59. The van der Waals surface area contributed by atoms with Gasteiger partial charge in [-0.05, 0) is 38.0 Å². The van der Waals surface area contributed by atoms with Crippen molar-refractivity contribution in [2.75, 3.05) is 0 Å². The molecule has 1 fully saturated rings. The van der Waals surface area contributed by atoms with E-state index in [1.54, 1.807) is 6.92 Å². The Morgan fingerprint density at radius 3 is 2.50 bits per heavy atom. The first-order valence-electron chi connectivity index (χ1n) is 5.43. The normalized spacial score (nSPS) is 28.0. The van der Waals surface area contributed by atoms with Crippen molar-refractivity contribution in [1.82, 2.24) is 0 Å². The average molecular weight is 341 g/mol. The Morgan fingerprint density at radius 1 is 1.39 bits per heavy atom. The highest BCUT2D eigenvalue weighted by molar-refractivity contribution is 9.10. The lowest BCUT2D eigenvalue weighted by molar-refractivity contribution is -0.139. The molecule has 0 atom stereocenters. The van der Waals surface area contributed by atoms with Gasteiger partial charge in [-0.3, -0.25) is 0 Å². The van der Waals surface area contributed by atoms with Gasteiger partial charge < -0.3 is 5.11 Å². The van der Waals surface area contributed by atoms with Crippen LogP contribution in [0.15, 0.2) is 27.6 Å². The zero-order chi connectivity index (χ0) is 13.6. The number of benzene rings is 1. The van der Waals surface area contributed by atoms with Crippen molar-refractivity contribution in [3.05, 3.63) is 28.2 Å². The van der Waals surface area contributed by atoms with Crippen LogP contribution in [0, 0.1) is 0 Å². The summed E-state index contributed by atoms with van der Waals surface area (Å²) in [6, 6.07) is 3.97. The lowest BCUT2D eigenvalue weighted by atomic mass is 9.82. The molecule has 0 aliphatic heterocycles. The van der Waals surface area contributed by atoms with Crippen molar-refractivity contribution < 1.29 is 18.3 Å². The maximum absolute atomic E-state index is 12.8. The van der Waals surface area contributed by atoms with Gasteiger partial charge in [-0.15, -0.1) is 11.8 Å². The number of thioether (sulfide) groups is 1. The second-order valence-electron chi connectivity index (χ2n) is 4.78. The standard InChI is InChI=1S/C12H12BrF3OS/c1-11(17)5-8(6-11)18-10-4-7(13)2-3-9(10)12(14,15)16/h2-4,8,17H,5-6H2,1H3. The highest BCUT2D eigenvalue weighted by Gasteiger charge is 2.41. The summed E-state index contributed by atoms with van der Waals surface area (Å²) < 4.78 is 39.1. The summed E-state index contributed by atoms with van der Waals surface area (Å²) in [5, 5.41) is 9.65. The van der Waals surface area contributed by atoms with Gasteiger partial charge in [0.1, 0.15) is 0 Å². The molecule has 100 valence electrons. The predicted molar refractivity (Wildman–Crippen MR) is 68.6 cm³/mol. The Labute approximate surface area is 116 Å². The number of hydrogen-bond donors (Lipinski definition) is 1. The van der Waals surface area contributed by atoms with Gasteiger partial charge in [0.15, 0.2) is 0 Å². The summed E-state index contributed by atoms with van der Waals surface area (Å²) in [6.45, 7) is 1.70. The molecule has 0 saturated heterocycles. The van der Waals surface area contributed by atoms with Crippen molar-refractivity contribution >= 4 is 27.7 Å². The Hall–Kier alpha value is -0.200. The molecule has 0 bridgehead atoms. The Balaban J connectivity index is 2.19. The van der Waals surface area contributed by atoms with Gasteiger partial charge in [0.2, 0.25) is 0 Å². The van der Waals surface area contributed by atoms with Gasteiger partial charge in [-0.1, -0.05) is 15.9 Å². The molecular weight excluding hydrogens is 329 g/mol. The highest BCUT2D eigenvalue weighted by Crippen LogP contribution is 2.46. The lowest BCUT2D eigenvalue weighted by Gasteiger charge is -2.40. The molecule has 1 nitrogen and oxygen atoms in total. The van der Waals surface area contributed by atoms with Crippen LogP contribution in [-0.2, 0) is 6.18 Å². The largest absolute Gasteiger partial charge is 0.417 e. The van der Waals surface area contributed by atoms with Crippen molar-refractivity contribution in [2.45, 2.75) is 41.7 Å². The van der Waals surface area contributed by atoms with Crippen LogP contribution in [0.1, 0.15) is 25.3 Å². The SMILES string of the molecule is CC1(O)CC(Sc2cc(Br)ccc2C(F)(F)F)C1. The molecule has 1 aromatic rings. The molecule has 18 heavy (non-hydrogen) atoms. The summed E-state index contributed by atoms with van der Waals surface area (Å²) in [5.41, 5.74) is -1.33. The summed E-state index contributed by atoms with van der Waals surface area (Å²) in [6.07, 6.45) is -3.28. The molecule has 6 heteroatoms. The Morgan fingerprint density at radius 2 is 2.00 bits per heavy atom. The van der Waals surface area contributed by atoms with E-state index in [1.807, 2.05) is 0 Å². The molecule has 1 N–H and O–H groups in total. The lowest BCUT2D eigenvalue weighted by Crippen LogP contribution is -2.42. The van der Waals surface area contributed by atoms with E-state index in [1.165, 1.54) is 23.9 Å². The van der Waals surface area contributed by atoms with E-state index in [4.69, 9.17) is 0 Å². The Bertz CT molecular complexity index is 451. The van der Waals surface area contributed by atoms with Gasteiger partial charge in [-0.25, -0.2) is 0 Å². The van der Waals surface area contributed by atoms with Crippen LogP contribution >= 0.6 is 27.7 Å². The molecule has 0 spiro atoms. The summed E-state index contributed by atoms with van der Waals surface area (Å²) in [4.78, 5) is 0.220. The molecule has 2 rings (SSSR count). The van der Waals surface area contributed by atoms with Crippen molar-refractivity contribution in [3.63, 3.8) is 0 Å². The zero-order valence-corrected chi connectivity index (χ0v) is 12.0. The van der Waals surface area contributed by atoms with Crippen molar-refractivity contribution in [3.8, 4) is 0 Å². The first kappa shape index (κ1) is 14.2. The average Bonchev–Trinajstić information content (AvgIpc) is 2.12. The molecule has 0 radical (unpaired) electrons. The monoisotopic (exact) mass is 340 g/mol. The molecule has 1 saturated carbocycles. The van der Waals surface area contributed by atoms with Gasteiger partial charge >= 0.3 is 6.18 Å². The fourth-order valence-electron chi connectivity index (χ4n) is 2.01. The van der Waals surface area contributed by atoms with Gasteiger partial charge in [0, 0.05) is 14.6 Å². The van der Waals surface area contributed by atoms with E-state index < -0.39 is 17.3 Å². The van der Waals surface area contributed by atoms with Crippen molar-refractivity contribution in [1.29, 1.82) is 0 Å². The fraction of sp³-hybridized carbons (Fsp3) is 0.500. The van der Waals surface area contributed by atoms with Crippen LogP contribution < -0.4 is 0 Å². The Kier molecular flexibility index (Phi) is 3.73. The summed E-state index contributed by atoms with van der Waals surface area (Å²) in [7, 11) is 0. The third-order valence-corrected chi connectivity index (χ3v) is 4.63. The molecule has 0 heterocycles. The fourth-order valence-corrected chi connectivity index (χ4v) is 4.27. The second-order valence-corrected chi connectivity index (χ2v) is 7.04. The third kappa shape index (κ3) is 3.22. The molecule has 0 aromatic heterocycles. The maximum atomic E-state index is 12.8. The van der Waals surface area contributed by atoms with Crippen LogP contribution in [0.3, 0.4) is 0 Å². The van der Waals surface area contributed by atoms with Gasteiger partial charge in [0.05, 0.1) is 11.2 Å². The van der Waals surface area contributed by atoms with E-state index in [0.29, 0.717) is 17.3 Å². The number of rotatable bonds is 2. The van der Waals surface area contributed by atoms with Crippen molar-refractivity contribution in [2.24, 2.45) is 0 Å². The van der Waals surface area contributed by atoms with E-state index in [-0.39, 0.29) is 10.1 Å². The number of halogens is 4. The molecular formula is C12H12BrF3OS. The highest BCUT2D eigenvalue weighted by atomic mass is 79.9. The van der Waals surface area contributed by atoms with Crippen LogP contribution in [0.25, 0.3) is 0 Å². The van der Waals surface area contributed by atoms with Crippen LogP contribution in [0.2, 0.25) is 0 Å². The van der Waals surface area contributed by atoms with Gasteiger partial charge in [-0.2, -0.15) is 13.2 Å². The molecule has 1 aliphatic carbocycles. The van der Waals surface area contributed by atoms with Crippen LogP contribution in [0.5, 0.6) is 0 Å². The predicted octanol–water partition coefficient (Wildman–Crippen LogP) is 4.47. The second kappa shape index (κ2) is 4.72. The van der Waals surface area contributed by atoms with Crippen LogP contribution in [-0.4, -0.2) is 16.0 Å². The first-order valence-corrected chi connectivity index (χ1v) is 7.10. The number of alkyl halides is 3. The topological polar surface area (TPSA) is 20.2 Å². The number of hydrogen-bond acceptors (Lipinski definition) is 2. The minimum Gasteiger partial charge on any atom is -0.390 e. The summed E-state index contributed by atoms with van der Waals surface area (Å²) in [5.74, 6) is 0. The summed E-state index contributed by atoms with van der Waals surface area (Å²) >= 11 is 4.38. The number of aliphatic hydroxyl groups is 1. The van der Waals surface area contributed by atoms with Gasteiger partial charge in [0.25, 0.3) is 0 Å². The first-order chi connectivity index (χ1) is 8.17. The maximum Gasteiger partial charge on any atom is 0.417 e. The molecule has 1 aliphatic rings. The molecule has 1 aromatic carbocycles. The third-order valence-electron chi connectivity index (χ3n) is 2.88. The van der Waals surface area contributed by atoms with E-state index in [9.17, 15) is 18.3 Å². The minimum atomic E-state index is -4.34. The van der Waals surface area contributed by atoms with E-state index in [2.05, 4.69) is 15.9 Å². The van der Waals surface area contributed by atoms with Crippen LogP contribution in [0.4, 0.5) is 13.2 Å². The molecule has 0 amide bonds. The molecule has 0 unspecified atom stereocenters. The smallest absolute Gasteiger partial charge is 0.390 e. The van der Waals surface area contributed by atoms with E-state index >= 15 is 0 Å².